The van der Waals surface area contributed by atoms with Gasteiger partial charge in [0.1, 0.15) is 0 Å². The molecule has 1 rings (SSSR count). The van der Waals surface area contributed by atoms with Gasteiger partial charge >= 0.3 is 0 Å². The van der Waals surface area contributed by atoms with Crippen LogP contribution in [0.5, 0.6) is 0 Å². The lowest BCUT2D eigenvalue weighted by Crippen LogP contribution is -2.49. The molecule has 0 spiro atoms. The van der Waals surface area contributed by atoms with Crippen LogP contribution in [0.1, 0.15) is 33.1 Å². The fourth-order valence-corrected chi connectivity index (χ4v) is 2.00. The Bertz CT molecular complexity index is 208. The highest BCUT2D eigenvalue weighted by Gasteiger charge is 2.24. The van der Waals surface area contributed by atoms with E-state index in [4.69, 9.17) is 5.73 Å². The summed E-state index contributed by atoms with van der Waals surface area (Å²) in [4.78, 5) is 13.7. The van der Waals surface area contributed by atoms with Crippen LogP contribution in [0.15, 0.2) is 0 Å². The molecule has 2 unspecified atom stereocenters. The van der Waals surface area contributed by atoms with Crippen LogP contribution < -0.4 is 11.1 Å². The Morgan fingerprint density at radius 1 is 1.60 bits per heavy atom. The van der Waals surface area contributed by atoms with Crippen molar-refractivity contribution in [3.63, 3.8) is 0 Å². The summed E-state index contributed by atoms with van der Waals surface area (Å²) in [5.74, 6) is 0.138. The van der Waals surface area contributed by atoms with Gasteiger partial charge in [-0.2, -0.15) is 0 Å². The first-order chi connectivity index (χ1) is 7.13. The molecule has 1 aliphatic heterocycles. The number of amides is 1. The molecular formula is C11H23N3O. The Morgan fingerprint density at radius 3 is 2.93 bits per heavy atom. The molecule has 15 heavy (non-hydrogen) atoms. The summed E-state index contributed by atoms with van der Waals surface area (Å²) < 4.78 is 0. The average Bonchev–Trinajstić information content (AvgIpc) is 2.19. The predicted molar refractivity (Wildman–Crippen MR) is 61.5 cm³/mol. The van der Waals surface area contributed by atoms with Crippen molar-refractivity contribution in [3.8, 4) is 0 Å². The van der Waals surface area contributed by atoms with Crippen LogP contribution in [0, 0.1) is 0 Å². The zero-order valence-corrected chi connectivity index (χ0v) is 9.83. The van der Waals surface area contributed by atoms with Crippen LogP contribution in [0.25, 0.3) is 0 Å². The average molecular weight is 213 g/mol. The van der Waals surface area contributed by atoms with Crippen LogP contribution >= 0.6 is 0 Å². The minimum absolute atomic E-state index is 0.138. The highest BCUT2D eigenvalue weighted by molar-refractivity contribution is 5.78. The van der Waals surface area contributed by atoms with E-state index in [9.17, 15) is 4.79 Å². The lowest BCUT2D eigenvalue weighted by Gasteiger charge is -2.35. The topological polar surface area (TPSA) is 58.4 Å². The van der Waals surface area contributed by atoms with E-state index in [0.717, 1.165) is 32.4 Å². The number of carbonyl (C=O) groups excluding carboxylic acids is 1. The lowest BCUT2D eigenvalue weighted by atomic mass is 9.99. The van der Waals surface area contributed by atoms with E-state index in [1.54, 1.807) is 0 Å². The van der Waals surface area contributed by atoms with E-state index < -0.39 is 0 Å². The summed E-state index contributed by atoms with van der Waals surface area (Å²) in [5.41, 5.74) is 5.87. The quantitative estimate of drug-likeness (QED) is 0.707. The third kappa shape index (κ3) is 4.18. The molecule has 4 nitrogen and oxygen atoms in total. The molecular weight excluding hydrogens is 190 g/mol. The van der Waals surface area contributed by atoms with Crippen LogP contribution in [-0.2, 0) is 4.79 Å². The third-order valence-electron chi connectivity index (χ3n) is 2.97. The second-order valence-electron chi connectivity index (χ2n) is 4.45. The molecule has 0 saturated carbocycles. The normalized spacial score (nSPS) is 27.7. The molecule has 1 aliphatic rings. The van der Waals surface area contributed by atoms with Gasteiger partial charge in [-0.05, 0) is 26.2 Å². The number of nitrogens with one attached hydrogen (secondary N) is 1. The Balaban J connectivity index is 2.28. The van der Waals surface area contributed by atoms with Gasteiger partial charge in [-0.15, -0.1) is 0 Å². The van der Waals surface area contributed by atoms with Crippen LogP contribution in [-0.4, -0.2) is 42.5 Å². The first-order valence-electron chi connectivity index (χ1n) is 5.89. The molecule has 0 bridgehead atoms. The highest BCUT2D eigenvalue weighted by Crippen LogP contribution is 2.14. The number of nitrogens with two attached hydrogens (primary N) is 1. The maximum Gasteiger partial charge on any atom is 0.234 e. The smallest absolute Gasteiger partial charge is 0.234 e. The summed E-state index contributed by atoms with van der Waals surface area (Å²) in [6, 6.07) is 0.746. The highest BCUT2D eigenvalue weighted by atomic mass is 16.2. The van der Waals surface area contributed by atoms with E-state index in [1.165, 1.54) is 0 Å². The maximum atomic E-state index is 11.5. The van der Waals surface area contributed by atoms with Crippen molar-refractivity contribution < 1.29 is 4.79 Å². The number of nitrogens with zero attached hydrogens (tertiary/aromatic N) is 1. The zero-order valence-electron chi connectivity index (χ0n) is 9.83. The number of rotatable bonds is 4. The molecule has 0 aromatic rings. The molecule has 1 saturated heterocycles. The van der Waals surface area contributed by atoms with Gasteiger partial charge in [0.05, 0.1) is 6.54 Å². The molecule has 1 amide bonds. The van der Waals surface area contributed by atoms with Gasteiger partial charge < -0.3 is 11.1 Å². The number of piperidine rings is 1. The van der Waals surface area contributed by atoms with Crippen molar-refractivity contribution >= 4 is 5.91 Å². The largest absolute Gasteiger partial charge is 0.355 e. The Kier molecular flexibility index (Phi) is 5.05. The number of hydrogen-bond donors (Lipinski definition) is 2. The fourth-order valence-electron chi connectivity index (χ4n) is 2.00. The minimum atomic E-state index is 0.138. The van der Waals surface area contributed by atoms with Gasteiger partial charge in [0, 0.05) is 25.2 Å². The van der Waals surface area contributed by atoms with Crippen molar-refractivity contribution in [1.29, 1.82) is 0 Å². The van der Waals surface area contributed by atoms with E-state index >= 15 is 0 Å². The van der Waals surface area contributed by atoms with Crippen molar-refractivity contribution in [2.75, 3.05) is 19.6 Å². The Labute approximate surface area is 92.2 Å². The number of carbonyl (C=O) groups is 1. The maximum absolute atomic E-state index is 11.5. The van der Waals surface area contributed by atoms with Crippen molar-refractivity contribution in [2.24, 2.45) is 5.73 Å². The number of likely N-dealkylation sites (tertiary alicyclic amines) is 1. The van der Waals surface area contributed by atoms with Crippen molar-refractivity contribution in [2.45, 2.75) is 45.2 Å². The van der Waals surface area contributed by atoms with Gasteiger partial charge in [0.15, 0.2) is 0 Å². The molecule has 0 aliphatic carbocycles. The molecule has 3 N–H and O–H groups in total. The van der Waals surface area contributed by atoms with Gasteiger partial charge in [-0.25, -0.2) is 0 Å². The lowest BCUT2D eigenvalue weighted by molar-refractivity contribution is -0.123. The van der Waals surface area contributed by atoms with Gasteiger partial charge in [-0.3, -0.25) is 9.69 Å². The minimum Gasteiger partial charge on any atom is -0.355 e. The SMILES string of the molecule is CCCNC(=O)CN1CCC(N)CC1C. The molecule has 2 atom stereocenters. The monoisotopic (exact) mass is 213 g/mol. The second-order valence-corrected chi connectivity index (χ2v) is 4.45. The molecule has 0 aromatic carbocycles. The summed E-state index contributed by atoms with van der Waals surface area (Å²) >= 11 is 0. The zero-order chi connectivity index (χ0) is 11.3. The molecule has 0 aromatic heterocycles. The molecule has 4 heteroatoms. The van der Waals surface area contributed by atoms with Crippen LogP contribution in [0.2, 0.25) is 0 Å². The standard InChI is InChI=1S/C11H23N3O/c1-3-5-13-11(15)8-14-6-4-10(12)7-9(14)2/h9-10H,3-8,12H2,1-2H3,(H,13,15). The van der Waals surface area contributed by atoms with Gasteiger partial charge in [0.25, 0.3) is 0 Å². The second kappa shape index (κ2) is 6.08. The van der Waals surface area contributed by atoms with E-state index in [1.807, 2.05) is 0 Å². The summed E-state index contributed by atoms with van der Waals surface area (Å²) in [6.07, 6.45) is 3.00. The Morgan fingerprint density at radius 2 is 2.33 bits per heavy atom. The van der Waals surface area contributed by atoms with Crippen molar-refractivity contribution in [3.05, 3.63) is 0 Å². The first kappa shape index (κ1) is 12.5. The number of hydrogen-bond acceptors (Lipinski definition) is 3. The first-order valence-corrected chi connectivity index (χ1v) is 5.89. The van der Waals surface area contributed by atoms with Crippen LogP contribution in [0.4, 0.5) is 0 Å². The molecule has 0 radical (unpaired) electrons. The third-order valence-corrected chi connectivity index (χ3v) is 2.97. The molecule has 88 valence electrons. The molecule has 1 heterocycles. The van der Waals surface area contributed by atoms with Crippen molar-refractivity contribution in [1.82, 2.24) is 10.2 Å². The Hall–Kier alpha value is -0.610. The summed E-state index contributed by atoms with van der Waals surface area (Å²) in [6.45, 7) is 6.45. The predicted octanol–water partition coefficient (Wildman–Crippen LogP) is 0.324. The van der Waals surface area contributed by atoms with Gasteiger partial charge in [0.2, 0.25) is 5.91 Å². The van der Waals surface area contributed by atoms with Gasteiger partial charge in [-0.1, -0.05) is 6.92 Å². The summed E-state index contributed by atoms with van der Waals surface area (Å²) in [5, 5.41) is 2.90. The fraction of sp³-hybridized carbons (Fsp3) is 0.909. The van der Waals surface area contributed by atoms with Crippen LogP contribution in [0.3, 0.4) is 0 Å². The summed E-state index contributed by atoms with van der Waals surface area (Å²) in [7, 11) is 0. The molecule has 1 fully saturated rings. The van der Waals surface area contributed by atoms with E-state index in [-0.39, 0.29) is 5.91 Å². The van der Waals surface area contributed by atoms with E-state index in [2.05, 4.69) is 24.1 Å². The van der Waals surface area contributed by atoms with E-state index in [0.29, 0.717) is 18.6 Å².